The number of rotatable bonds is 2. The maximum Gasteiger partial charge on any atom is 0.181 e. The lowest BCUT2D eigenvalue weighted by molar-refractivity contribution is -0.0778. The van der Waals surface area contributed by atoms with Gasteiger partial charge in [0.05, 0.1) is 22.4 Å². The van der Waals surface area contributed by atoms with Crippen LogP contribution in [-0.4, -0.2) is 39.1 Å². The van der Waals surface area contributed by atoms with E-state index in [0.29, 0.717) is 32.7 Å². The van der Waals surface area contributed by atoms with E-state index in [1.54, 1.807) is 0 Å². The molecule has 2 unspecified atom stereocenters. The van der Waals surface area contributed by atoms with Crippen molar-refractivity contribution in [2.45, 2.75) is 35.0 Å². The quantitative estimate of drug-likeness (QED) is 0.837. The van der Waals surface area contributed by atoms with Gasteiger partial charge in [-0.2, -0.15) is 0 Å². The Labute approximate surface area is 117 Å². The predicted octanol–water partition coefficient (Wildman–Crippen LogP) is 1.94. The van der Waals surface area contributed by atoms with Crippen LogP contribution in [0, 0.1) is 5.82 Å². The van der Waals surface area contributed by atoms with Crippen molar-refractivity contribution in [2.75, 3.05) is 19.8 Å². The fourth-order valence-corrected chi connectivity index (χ4v) is 4.81. The summed E-state index contributed by atoms with van der Waals surface area (Å²) in [6.45, 7) is 1.46. The molecule has 6 heteroatoms. The van der Waals surface area contributed by atoms with Crippen molar-refractivity contribution >= 4 is 9.84 Å². The van der Waals surface area contributed by atoms with Crippen molar-refractivity contribution in [2.24, 2.45) is 0 Å². The minimum Gasteiger partial charge on any atom is -0.378 e. The third kappa shape index (κ3) is 2.47. The Morgan fingerprint density at radius 1 is 1.30 bits per heavy atom. The average Bonchev–Trinajstić information content (AvgIpc) is 2.87. The van der Waals surface area contributed by atoms with E-state index in [-0.39, 0.29) is 4.90 Å². The zero-order valence-electron chi connectivity index (χ0n) is 11.0. The van der Waals surface area contributed by atoms with Crippen LogP contribution in [0.5, 0.6) is 0 Å². The number of ether oxygens (including phenoxy) is 2. The monoisotopic (exact) mass is 300 g/mol. The van der Waals surface area contributed by atoms with E-state index in [2.05, 4.69) is 0 Å². The van der Waals surface area contributed by atoms with Crippen LogP contribution >= 0.6 is 0 Å². The summed E-state index contributed by atoms with van der Waals surface area (Å²) in [5.41, 5.74) is -0.469. The number of halogens is 1. The van der Waals surface area contributed by atoms with E-state index in [4.69, 9.17) is 9.47 Å². The molecule has 2 fully saturated rings. The normalized spacial score (nSPS) is 30.8. The lowest BCUT2D eigenvalue weighted by Gasteiger charge is -2.36. The summed E-state index contributed by atoms with van der Waals surface area (Å²) >= 11 is 0. The van der Waals surface area contributed by atoms with Gasteiger partial charge in [0, 0.05) is 19.6 Å². The van der Waals surface area contributed by atoms with Gasteiger partial charge in [-0.15, -0.1) is 0 Å². The summed E-state index contributed by atoms with van der Waals surface area (Å²) in [7, 11) is -3.52. The summed E-state index contributed by atoms with van der Waals surface area (Å²) in [5.74, 6) is -0.531. The summed E-state index contributed by atoms with van der Waals surface area (Å²) in [6, 6.07) is 5.21. The SMILES string of the molecule is O=S(=O)(c1cccc(F)c1)C1CCOC2(CCOC2)C1. The first kappa shape index (κ1) is 14.0. The molecule has 110 valence electrons. The third-order valence-electron chi connectivity index (χ3n) is 4.08. The van der Waals surface area contributed by atoms with Crippen LogP contribution in [-0.2, 0) is 19.3 Å². The molecule has 1 aromatic rings. The molecule has 2 atom stereocenters. The Hall–Kier alpha value is -0.980. The molecule has 0 aromatic heterocycles. The fraction of sp³-hybridized carbons (Fsp3) is 0.571. The van der Waals surface area contributed by atoms with Crippen molar-refractivity contribution < 1.29 is 22.3 Å². The van der Waals surface area contributed by atoms with Crippen LogP contribution in [0.4, 0.5) is 4.39 Å². The molecule has 0 radical (unpaired) electrons. The molecule has 1 spiro atoms. The third-order valence-corrected chi connectivity index (χ3v) is 6.27. The topological polar surface area (TPSA) is 52.6 Å². The Morgan fingerprint density at radius 2 is 2.15 bits per heavy atom. The Bertz CT molecular complexity index is 593. The highest BCUT2D eigenvalue weighted by molar-refractivity contribution is 7.92. The van der Waals surface area contributed by atoms with Crippen molar-refractivity contribution in [3.05, 3.63) is 30.1 Å². The molecule has 2 heterocycles. The molecule has 2 saturated heterocycles. The molecule has 20 heavy (non-hydrogen) atoms. The van der Waals surface area contributed by atoms with Crippen molar-refractivity contribution in [1.29, 1.82) is 0 Å². The van der Waals surface area contributed by atoms with Gasteiger partial charge in [0.2, 0.25) is 0 Å². The van der Waals surface area contributed by atoms with Gasteiger partial charge in [-0.05, 0) is 31.0 Å². The van der Waals surface area contributed by atoms with E-state index in [1.807, 2.05) is 0 Å². The first-order chi connectivity index (χ1) is 9.52. The Balaban J connectivity index is 1.87. The van der Waals surface area contributed by atoms with E-state index in [9.17, 15) is 12.8 Å². The van der Waals surface area contributed by atoms with Gasteiger partial charge in [0.25, 0.3) is 0 Å². The fourth-order valence-electron chi connectivity index (χ4n) is 2.95. The highest BCUT2D eigenvalue weighted by Gasteiger charge is 2.45. The van der Waals surface area contributed by atoms with Crippen LogP contribution < -0.4 is 0 Å². The van der Waals surface area contributed by atoms with Crippen molar-refractivity contribution in [3.63, 3.8) is 0 Å². The molecule has 1 aromatic carbocycles. The summed E-state index contributed by atoms with van der Waals surface area (Å²) in [4.78, 5) is 0.0541. The molecule has 0 amide bonds. The van der Waals surface area contributed by atoms with Gasteiger partial charge in [-0.1, -0.05) is 6.07 Å². The number of sulfone groups is 1. The molecule has 2 aliphatic heterocycles. The second-order valence-electron chi connectivity index (χ2n) is 5.45. The maximum absolute atomic E-state index is 13.2. The number of hydrogen-bond acceptors (Lipinski definition) is 4. The zero-order chi connectivity index (χ0) is 14.2. The largest absolute Gasteiger partial charge is 0.378 e. The smallest absolute Gasteiger partial charge is 0.181 e. The number of benzene rings is 1. The van der Waals surface area contributed by atoms with Gasteiger partial charge in [0.1, 0.15) is 5.82 Å². The average molecular weight is 300 g/mol. The lowest BCUT2D eigenvalue weighted by atomic mass is 9.93. The standard InChI is InChI=1S/C14H17FO4S/c15-11-2-1-3-12(8-11)20(16,17)13-4-6-19-14(9-13)5-7-18-10-14/h1-3,8,13H,4-7,9-10H2. The van der Waals surface area contributed by atoms with Gasteiger partial charge >= 0.3 is 0 Å². The van der Waals surface area contributed by atoms with E-state index < -0.39 is 26.5 Å². The van der Waals surface area contributed by atoms with E-state index in [0.717, 1.165) is 12.5 Å². The minimum absolute atomic E-state index is 0.0541. The molecule has 3 rings (SSSR count). The summed E-state index contributed by atoms with van der Waals surface area (Å²) < 4.78 is 49.6. The molecule has 0 N–H and O–H groups in total. The molecule has 2 aliphatic rings. The number of hydrogen-bond donors (Lipinski definition) is 0. The molecule has 0 bridgehead atoms. The Morgan fingerprint density at radius 3 is 2.85 bits per heavy atom. The minimum atomic E-state index is -3.52. The van der Waals surface area contributed by atoms with Crippen molar-refractivity contribution in [3.8, 4) is 0 Å². The van der Waals surface area contributed by atoms with Crippen LogP contribution in [0.3, 0.4) is 0 Å². The predicted molar refractivity (Wildman–Crippen MR) is 70.7 cm³/mol. The molecular formula is C14H17FO4S. The van der Waals surface area contributed by atoms with Crippen LogP contribution in [0.2, 0.25) is 0 Å². The lowest BCUT2D eigenvalue weighted by Crippen LogP contribution is -2.45. The van der Waals surface area contributed by atoms with Crippen LogP contribution in [0.1, 0.15) is 19.3 Å². The summed E-state index contributed by atoms with van der Waals surface area (Å²) in [6.07, 6.45) is 1.59. The molecule has 0 saturated carbocycles. The highest BCUT2D eigenvalue weighted by atomic mass is 32.2. The van der Waals surface area contributed by atoms with E-state index >= 15 is 0 Å². The van der Waals surface area contributed by atoms with Crippen LogP contribution in [0.25, 0.3) is 0 Å². The molecule has 0 aliphatic carbocycles. The Kier molecular flexibility index (Phi) is 3.56. The second-order valence-corrected chi connectivity index (χ2v) is 7.68. The van der Waals surface area contributed by atoms with Gasteiger partial charge in [-0.25, -0.2) is 12.8 Å². The highest BCUT2D eigenvalue weighted by Crippen LogP contribution is 2.37. The van der Waals surface area contributed by atoms with Gasteiger partial charge in [-0.3, -0.25) is 0 Å². The first-order valence-electron chi connectivity index (χ1n) is 6.73. The molecular weight excluding hydrogens is 283 g/mol. The van der Waals surface area contributed by atoms with Crippen molar-refractivity contribution in [1.82, 2.24) is 0 Å². The zero-order valence-corrected chi connectivity index (χ0v) is 11.9. The summed E-state index contributed by atoms with van der Waals surface area (Å²) in [5, 5.41) is -0.528. The van der Waals surface area contributed by atoms with E-state index in [1.165, 1.54) is 18.2 Å². The first-order valence-corrected chi connectivity index (χ1v) is 8.28. The van der Waals surface area contributed by atoms with Gasteiger partial charge < -0.3 is 9.47 Å². The van der Waals surface area contributed by atoms with Gasteiger partial charge in [0.15, 0.2) is 9.84 Å². The van der Waals surface area contributed by atoms with Crippen LogP contribution in [0.15, 0.2) is 29.2 Å². The second kappa shape index (κ2) is 5.09. The molecule has 4 nitrogen and oxygen atoms in total. The maximum atomic E-state index is 13.2.